The maximum atomic E-state index is 9.79. The van der Waals surface area contributed by atoms with Gasteiger partial charge in [0.15, 0.2) is 0 Å². The molecule has 0 aliphatic carbocycles. The van der Waals surface area contributed by atoms with Gasteiger partial charge in [-0.25, -0.2) is 0 Å². The van der Waals surface area contributed by atoms with E-state index in [1.54, 1.807) is 6.20 Å². The van der Waals surface area contributed by atoms with Crippen LogP contribution >= 0.6 is 15.9 Å². The number of hydrogen-bond donors (Lipinski definition) is 1. The molecule has 1 fully saturated rings. The predicted octanol–water partition coefficient (Wildman–Crippen LogP) is 1.78. The summed E-state index contributed by atoms with van der Waals surface area (Å²) in [5.74, 6) is 0.204. The molecule has 0 saturated carbocycles. The number of rotatable bonds is 2. The highest BCUT2D eigenvalue weighted by molar-refractivity contribution is 9.10. The predicted molar refractivity (Wildman–Crippen MR) is 60.6 cm³/mol. The minimum absolute atomic E-state index is 0.204. The molecule has 2 unspecified atom stereocenters. The molecule has 4 heteroatoms. The minimum Gasteiger partial charge on any atom is -0.393 e. The molecule has 15 heavy (non-hydrogen) atoms. The second-order valence-corrected chi connectivity index (χ2v) is 4.82. The summed E-state index contributed by atoms with van der Waals surface area (Å²) < 4.78 is 6.34. The van der Waals surface area contributed by atoms with Crippen LogP contribution in [0, 0.1) is 5.92 Å². The molecule has 1 N–H and O–H groups in total. The fraction of sp³-hybridized carbons (Fsp3) is 0.545. The lowest BCUT2D eigenvalue weighted by Crippen LogP contribution is -2.33. The lowest BCUT2D eigenvalue weighted by molar-refractivity contribution is -0.0350. The molecule has 0 spiro atoms. The van der Waals surface area contributed by atoms with Crippen molar-refractivity contribution in [2.45, 2.75) is 18.9 Å². The molecular weight excluding hydrogens is 258 g/mol. The van der Waals surface area contributed by atoms with Crippen LogP contribution in [0.5, 0.6) is 0 Å². The molecule has 1 aromatic rings. The van der Waals surface area contributed by atoms with Gasteiger partial charge in [-0.05, 0) is 40.4 Å². The molecular formula is C11H14BrNO2. The maximum Gasteiger partial charge on any atom is 0.0615 e. The van der Waals surface area contributed by atoms with Crippen molar-refractivity contribution in [2.75, 3.05) is 13.2 Å². The molecule has 1 saturated heterocycles. The monoisotopic (exact) mass is 271 g/mol. The normalized spacial score (nSPS) is 26.5. The molecule has 2 heterocycles. The number of hydrogen-bond acceptors (Lipinski definition) is 3. The molecule has 2 atom stereocenters. The number of aliphatic hydroxyl groups is 1. The summed E-state index contributed by atoms with van der Waals surface area (Å²) in [5, 5.41) is 9.79. The Labute approximate surface area is 97.6 Å². The van der Waals surface area contributed by atoms with E-state index in [4.69, 9.17) is 4.74 Å². The zero-order valence-corrected chi connectivity index (χ0v) is 9.98. The number of halogens is 1. The van der Waals surface area contributed by atoms with Gasteiger partial charge in [0.1, 0.15) is 0 Å². The summed E-state index contributed by atoms with van der Waals surface area (Å²) in [5.41, 5.74) is 1.14. The SMILES string of the molecule is OC1CCOCC1Cc1cncc(Br)c1. The molecule has 1 aliphatic heterocycles. The van der Waals surface area contributed by atoms with Gasteiger partial charge in [0.2, 0.25) is 0 Å². The fourth-order valence-corrected chi connectivity index (χ4v) is 2.26. The van der Waals surface area contributed by atoms with Gasteiger partial charge in [-0.2, -0.15) is 0 Å². The van der Waals surface area contributed by atoms with Crippen LogP contribution in [-0.4, -0.2) is 29.4 Å². The van der Waals surface area contributed by atoms with Gasteiger partial charge < -0.3 is 9.84 Å². The van der Waals surface area contributed by atoms with E-state index in [0.29, 0.717) is 13.2 Å². The first-order chi connectivity index (χ1) is 7.25. The Morgan fingerprint density at radius 2 is 2.40 bits per heavy atom. The lowest BCUT2D eigenvalue weighted by Gasteiger charge is -2.27. The highest BCUT2D eigenvalue weighted by Crippen LogP contribution is 2.20. The van der Waals surface area contributed by atoms with Gasteiger partial charge in [-0.3, -0.25) is 4.98 Å². The Morgan fingerprint density at radius 1 is 1.53 bits per heavy atom. The Morgan fingerprint density at radius 3 is 3.13 bits per heavy atom. The Balaban J connectivity index is 2.01. The van der Waals surface area contributed by atoms with Crippen molar-refractivity contribution in [1.82, 2.24) is 4.98 Å². The molecule has 2 rings (SSSR count). The molecule has 1 aliphatic rings. The molecule has 82 valence electrons. The van der Waals surface area contributed by atoms with E-state index in [-0.39, 0.29) is 12.0 Å². The second kappa shape index (κ2) is 5.05. The van der Waals surface area contributed by atoms with Crippen LogP contribution in [-0.2, 0) is 11.2 Å². The summed E-state index contributed by atoms with van der Waals surface area (Å²) >= 11 is 3.39. The van der Waals surface area contributed by atoms with Crippen molar-refractivity contribution in [3.8, 4) is 0 Å². The van der Waals surface area contributed by atoms with E-state index in [1.165, 1.54) is 0 Å². The van der Waals surface area contributed by atoms with Crippen LogP contribution in [0.1, 0.15) is 12.0 Å². The average molecular weight is 272 g/mol. The first kappa shape index (κ1) is 11.0. The van der Waals surface area contributed by atoms with E-state index in [2.05, 4.69) is 20.9 Å². The van der Waals surface area contributed by atoms with Crippen molar-refractivity contribution >= 4 is 15.9 Å². The number of aromatic nitrogens is 1. The van der Waals surface area contributed by atoms with Crippen molar-refractivity contribution in [1.29, 1.82) is 0 Å². The minimum atomic E-state index is -0.238. The third-order valence-corrected chi connectivity index (χ3v) is 3.13. The second-order valence-electron chi connectivity index (χ2n) is 3.91. The van der Waals surface area contributed by atoms with Crippen LogP contribution in [0.2, 0.25) is 0 Å². The third-order valence-electron chi connectivity index (χ3n) is 2.69. The number of ether oxygens (including phenoxy) is 1. The van der Waals surface area contributed by atoms with Gasteiger partial charge in [0.25, 0.3) is 0 Å². The maximum absolute atomic E-state index is 9.79. The standard InChI is InChI=1S/C11H14BrNO2/c12-10-4-8(5-13-6-10)3-9-7-15-2-1-11(9)14/h4-6,9,11,14H,1-3,7H2. The Kier molecular flexibility index (Phi) is 3.72. The van der Waals surface area contributed by atoms with E-state index >= 15 is 0 Å². The van der Waals surface area contributed by atoms with Crippen molar-refractivity contribution < 1.29 is 9.84 Å². The zero-order valence-electron chi connectivity index (χ0n) is 8.40. The van der Waals surface area contributed by atoms with Crippen molar-refractivity contribution in [3.63, 3.8) is 0 Å². The summed E-state index contributed by atoms with van der Waals surface area (Å²) in [4.78, 5) is 4.11. The van der Waals surface area contributed by atoms with E-state index < -0.39 is 0 Å². The van der Waals surface area contributed by atoms with Gasteiger partial charge in [-0.15, -0.1) is 0 Å². The summed E-state index contributed by atoms with van der Waals surface area (Å²) in [6.07, 6.45) is 4.93. The number of aliphatic hydroxyl groups excluding tert-OH is 1. The van der Waals surface area contributed by atoms with Crippen LogP contribution in [0.25, 0.3) is 0 Å². The van der Waals surface area contributed by atoms with Gasteiger partial charge >= 0.3 is 0 Å². The van der Waals surface area contributed by atoms with Crippen molar-refractivity contribution in [3.05, 3.63) is 28.5 Å². The summed E-state index contributed by atoms with van der Waals surface area (Å²) in [6.45, 7) is 1.32. The van der Waals surface area contributed by atoms with Crippen molar-refractivity contribution in [2.24, 2.45) is 5.92 Å². The Bertz CT molecular complexity index is 332. The Hall–Kier alpha value is -0.450. The van der Waals surface area contributed by atoms with Gasteiger partial charge in [0.05, 0.1) is 12.7 Å². The average Bonchev–Trinajstić information content (AvgIpc) is 2.22. The number of pyridine rings is 1. The first-order valence-corrected chi connectivity index (χ1v) is 5.90. The van der Waals surface area contributed by atoms with E-state index in [1.807, 2.05) is 12.3 Å². The van der Waals surface area contributed by atoms with E-state index in [0.717, 1.165) is 22.9 Å². The largest absolute Gasteiger partial charge is 0.393 e. The highest BCUT2D eigenvalue weighted by atomic mass is 79.9. The highest BCUT2D eigenvalue weighted by Gasteiger charge is 2.23. The van der Waals surface area contributed by atoms with E-state index in [9.17, 15) is 5.11 Å². The lowest BCUT2D eigenvalue weighted by atomic mass is 9.92. The fourth-order valence-electron chi connectivity index (χ4n) is 1.85. The summed E-state index contributed by atoms with van der Waals surface area (Å²) in [6, 6.07) is 2.04. The third kappa shape index (κ3) is 3.00. The molecule has 0 bridgehead atoms. The first-order valence-electron chi connectivity index (χ1n) is 5.11. The van der Waals surface area contributed by atoms with Crippen LogP contribution in [0.3, 0.4) is 0 Å². The molecule has 3 nitrogen and oxygen atoms in total. The smallest absolute Gasteiger partial charge is 0.0615 e. The zero-order chi connectivity index (χ0) is 10.7. The molecule has 0 radical (unpaired) electrons. The molecule has 0 aromatic carbocycles. The summed E-state index contributed by atoms with van der Waals surface area (Å²) in [7, 11) is 0. The van der Waals surface area contributed by atoms with Gasteiger partial charge in [0, 0.05) is 29.4 Å². The van der Waals surface area contributed by atoms with Crippen LogP contribution in [0.15, 0.2) is 22.9 Å². The number of nitrogens with zero attached hydrogens (tertiary/aromatic N) is 1. The van der Waals surface area contributed by atoms with Crippen LogP contribution in [0.4, 0.5) is 0 Å². The topological polar surface area (TPSA) is 42.4 Å². The quantitative estimate of drug-likeness (QED) is 0.892. The van der Waals surface area contributed by atoms with Crippen LogP contribution < -0.4 is 0 Å². The molecule has 1 aromatic heterocycles. The van der Waals surface area contributed by atoms with Gasteiger partial charge in [-0.1, -0.05) is 0 Å². The molecule has 0 amide bonds.